The second-order valence-electron chi connectivity index (χ2n) is 1.92. The molecule has 1 unspecified atom stereocenters. The molecule has 0 spiro atoms. The van der Waals surface area contributed by atoms with Crippen LogP contribution in [0.1, 0.15) is 26.7 Å². The molecule has 1 nitrogen and oxygen atoms in total. The van der Waals surface area contributed by atoms with Gasteiger partial charge in [-0.05, 0) is 12.8 Å². The number of aliphatic hydroxyl groups is 1. The van der Waals surface area contributed by atoms with Crippen LogP contribution in [0.4, 0.5) is 4.39 Å². The molecule has 0 amide bonds. The standard InChI is InChI=1S/C7H13FO/c1-3-5-6(8)7(9)4-2/h5,7,9H,3-4H2,1-2H3. The Morgan fingerprint density at radius 1 is 1.67 bits per heavy atom. The van der Waals surface area contributed by atoms with Crippen molar-refractivity contribution in [3.05, 3.63) is 11.9 Å². The van der Waals surface area contributed by atoms with Crippen LogP contribution in [-0.4, -0.2) is 11.2 Å². The van der Waals surface area contributed by atoms with Gasteiger partial charge in [0.15, 0.2) is 0 Å². The highest BCUT2D eigenvalue weighted by atomic mass is 19.1. The summed E-state index contributed by atoms with van der Waals surface area (Å²) in [6.07, 6.45) is 1.60. The number of allylic oxidation sites excluding steroid dienone is 1. The highest BCUT2D eigenvalue weighted by Gasteiger charge is 2.04. The zero-order valence-corrected chi connectivity index (χ0v) is 5.89. The molecule has 9 heavy (non-hydrogen) atoms. The lowest BCUT2D eigenvalue weighted by Crippen LogP contribution is -2.04. The van der Waals surface area contributed by atoms with Crippen molar-refractivity contribution < 1.29 is 9.50 Å². The quantitative estimate of drug-likeness (QED) is 0.622. The molecule has 1 atom stereocenters. The van der Waals surface area contributed by atoms with E-state index in [1.807, 2.05) is 6.92 Å². The van der Waals surface area contributed by atoms with Crippen LogP contribution in [0.3, 0.4) is 0 Å². The summed E-state index contributed by atoms with van der Waals surface area (Å²) in [7, 11) is 0. The third kappa shape index (κ3) is 3.25. The summed E-state index contributed by atoms with van der Waals surface area (Å²) >= 11 is 0. The van der Waals surface area contributed by atoms with Crippen LogP contribution in [0.5, 0.6) is 0 Å². The number of hydrogen-bond donors (Lipinski definition) is 1. The van der Waals surface area contributed by atoms with E-state index in [1.54, 1.807) is 6.92 Å². The second kappa shape index (κ2) is 4.50. The highest BCUT2D eigenvalue weighted by molar-refractivity contribution is 4.96. The fraction of sp³-hybridized carbons (Fsp3) is 0.714. The Bertz CT molecular complexity index is 99.1. The van der Waals surface area contributed by atoms with Crippen molar-refractivity contribution in [2.45, 2.75) is 32.8 Å². The lowest BCUT2D eigenvalue weighted by atomic mass is 10.2. The summed E-state index contributed by atoms with van der Waals surface area (Å²) in [6.45, 7) is 3.58. The van der Waals surface area contributed by atoms with Gasteiger partial charge in [0.25, 0.3) is 0 Å². The third-order valence-corrected chi connectivity index (χ3v) is 1.10. The predicted molar refractivity (Wildman–Crippen MR) is 35.8 cm³/mol. The summed E-state index contributed by atoms with van der Waals surface area (Å²) in [5.74, 6) is -0.403. The van der Waals surface area contributed by atoms with E-state index < -0.39 is 11.9 Å². The third-order valence-electron chi connectivity index (χ3n) is 1.10. The molecule has 0 bridgehead atoms. The minimum absolute atomic E-state index is 0.403. The van der Waals surface area contributed by atoms with Crippen LogP contribution in [0.2, 0.25) is 0 Å². The van der Waals surface area contributed by atoms with Gasteiger partial charge in [-0.25, -0.2) is 4.39 Å². The molecule has 0 aliphatic heterocycles. The molecular formula is C7H13FO. The van der Waals surface area contributed by atoms with E-state index >= 15 is 0 Å². The number of aliphatic hydroxyl groups excluding tert-OH is 1. The monoisotopic (exact) mass is 132 g/mol. The van der Waals surface area contributed by atoms with Gasteiger partial charge in [-0.15, -0.1) is 0 Å². The van der Waals surface area contributed by atoms with Gasteiger partial charge < -0.3 is 5.11 Å². The molecule has 0 aromatic rings. The first-order valence-corrected chi connectivity index (χ1v) is 3.26. The van der Waals surface area contributed by atoms with Crippen LogP contribution < -0.4 is 0 Å². The lowest BCUT2D eigenvalue weighted by molar-refractivity contribution is 0.178. The SMILES string of the molecule is CCC=C(F)C(O)CC. The Balaban J connectivity index is 3.70. The van der Waals surface area contributed by atoms with Crippen molar-refractivity contribution in [2.75, 3.05) is 0 Å². The van der Waals surface area contributed by atoms with Crippen molar-refractivity contribution in [3.8, 4) is 0 Å². The summed E-state index contributed by atoms with van der Waals surface area (Å²) < 4.78 is 12.4. The van der Waals surface area contributed by atoms with Crippen molar-refractivity contribution in [2.24, 2.45) is 0 Å². The van der Waals surface area contributed by atoms with Crippen molar-refractivity contribution >= 4 is 0 Å². The molecule has 1 N–H and O–H groups in total. The maximum Gasteiger partial charge on any atom is 0.124 e. The molecule has 0 aromatic heterocycles. The molecule has 0 heterocycles. The number of hydrogen-bond acceptors (Lipinski definition) is 1. The zero-order valence-electron chi connectivity index (χ0n) is 5.89. The van der Waals surface area contributed by atoms with E-state index in [0.717, 1.165) is 0 Å². The van der Waals surface area contributed by atoms with E-state index in [9.17, 15) is 4.39 Å². The van der Waals surface area contributed by atoms with Crippen molar-refractivity contribution in [1.82, 2.24) is 0 Å². The maximum absolute atomic E-state index is 12.4. The van der Waals surface area contributed by atoms with Gasteiger partial charge in [0.1, 0.15) is 11.9 Å². The number of rotatable bonds is 3. The zero-order chi connectivity index (χ0) is 7.28. The molecular weight excluding hydrogens is 119 g/mol. The molecule has 54 valence electrons. The first kappa shape index (κ1) is 8.63. The van der Waals surface area contributed by atoms with Crippen LogP contribution in [0, 0.1) is 0 Å². The molecule has 2 heteroatoms. The summed E-state index contributed by atoms with van der Waals surface area (Å²) in [4.78, 5) is 0. The van der Waals surface area contributed by atoms with Gasteiger partial charge in [0.05, 0.1) is 0 Å². The van der Waals surface area contributed by atoms with E-state index in [2.05, 4.69) is 0 Å². The van der Waals surface area contributed by atoms with Crippen LogP contribution in [0.25, 0.3) is 0 Å². The Labute approximate surface area is 55.2 Å². The van der Waals surface area contributed by atoms with E-state index in [4.69, 9.17) is 5.11 Å². The van der Waals surface area contributed by atoms with Crippen molar-refractivity contribution in [3.63, 3.8) is 0 Å². The molecule has 0 aliphatic rings. The minimum Gasteiger partial charge on any atom is -0.386 e. The summed E-state index contributed by atoms with van der Waals surface area (Å²) in [6, 6.07) is 0. The average molecular weight is 132 g/mol. The lowest BCUT2D eigenvalue weighted by Gasteiger charge is -2.02. The van der Waals surface area contributed by atoms with Gasteiger partial charge in [-0.3, -0.25) is 0 Å². The Hall–Kier alpha value is -0.370. The minimum atomic E-state index is -0.884. The molecule has 0 radical (unpaired) electrons. The van der Waals surface area contributed by atoms with Gasteiger partial charge >= 0.3 is 0 Å². The van der Waals surface area contributed by atoms with Gasteiger partial charge in [-0.2, -0.15) is 0 Å². The Kier molecular flexibility index (Phi) is 4.32. The van der Waals surface area contributed by atoms with Crippen molar-refractivity contribution in [1.29, 1.82) is 0 Å². The van der Waals surface area contributed by atoms with Crippen LogP contribution in [-0.2, 0) is 0 Å². The molecule has 0 saturated carbocycles. The van der Waals surface area contributed by atoms with Gasteiger partial charge in [0.2, 0.25) is 0 Å². The largest absolute Gasteiger partial charge is 0.386 e. The van der Waals surface area contributed by atoms with E-state index in [0.29, 0.717) is 12.8 Å². The fourth-order valence-electron chi connectivity index (χ4n) is 0.526. The van der Waals surface area contributed by atoms with E-state index in [-0.39, 0.29) is 0 Å². The molecule has 0 saturated heterocycles. The smallest absolute Gasteiger partial charge is 0.124 e. The normalized spacial score (nSPS) is 15.8. The molecule has 0 aliphatic carbocycles. The predicted octanol–water partition coefficient (Wildman–Crippen LogP) is 2.02. The topological polar surface area (TPSA) is 20.2 Å². The van der Waals surface area contributed by atoms with Gasteiger partial charge in [-0.1, -0.05) is 19.9 Å². The fourth-order valence-corrected chi connectivity index (χ4v) is 0.526. The molecule has 0 fully saturated rings. The Morgan fingerprint density at radius 2 is 2.22 bits per heavy atom. The van der Waals surface area contributed by atoms with Gasteiger partial charge in [0, 0.05) is 0 Å². The Morgan fingerprint density at radius 3 is 2.56 bits per heavy atom. The summed E-state index contributed by atoms with van der Waals surface area (Å²) in [5.41, 5.74) is 0. The van der Waals surface area contributed by atoms with Crippen LogP contribution >= 0.6 is 0 Å². The van der Waals surface area contributed by atoms with E-state index in [1.165, 1.54) is 6.08 Å². The highest BCUT2D eigenvalue weighted by Crippen LogP contribution is 2.07. The average Bonchev–Trinajstić information content (AvgIpc) is 1.87. The molecule has 0 rings (SSSR count). The maximum atomic E-state index is 12.4. The first-order chi connectivity index (χ1) is 4.22. The summed E-state index contributed by atoms with van der Waals surface area (Å²) in [5, 5.41) is 8.81. The first-order valence-electron chi connectivity index (χ1n) is 3.26. The van der Waals surface area contributed by atoms with Crippen LogP contribution in [0.15, 0.2) is 11.9 Å². The second-order valence-corrected chi connectivity index (χ2v) is 1.92. The molecule has 0 aromatic carbocycles. The number of halogens is 1.